The molecule has 0 saturated heterocycles. The van der Waals surface area contributed by atoms with Gasteiger partial charge in [-0.1, -0.05) is 42.5 Å². The third kappa shape index (κ3) is 3.83. The Morgan fingerprint density at radius 3 is 2.70 bits per heavy atom. The maximum atomic E-state index is 4.55. The van der Waals surface area contributed by atoms with Gasteiger partial charge < -0.3 is 5.32 Å². The third-order valence-corrected chi connectivity index (χ3v) is 3.36. The van der Waals surface area contributed by atoms with E-state index < -0.39 is 0 Å². The van der Waals surface area contributed by atoms with Gasteiger partial charge in [0.2, 0.25) is 0 Å². The van der Waals surface area contributed by atoms with Crippen molar-refractivity contribution in [2.24, 2.45) is 0 Å². The zero-order chi connectivity index (χ0) is 16.1. The number of nitrogens with one attached hydrogen (secondary N) is 1. The summed E-state index contributed by atoms with van der Waals surface area (Å²) in [6.45, 7) is 4.65. The summed E-state index contributed by atoms with van der Waals surface area (Å²) in [5.74, 6) is 1.44. The molecule has 0 unspecified atom stereocenters. The second kappa shape index (κ2) is 6.87. The summed E-state index contributed by atoms with van der Waals surface area (Å²) in [7, 11) is 0. The highest BCUT2D eigenvalue weighted by atomic mass is 15.3. The van der Waals surface area contributed by atoms with E-state index in [1.54, 1.807) is 17.1 Å². The molecule has 0 radical (unpaired) electrons. The van der Waals surface area contributed by atoms with Crippen LogP contribution in [0.25, 0.3) is 11.9 Å². The molecule has 1 N–H and O–H groups in total. The molecule has 0 fully saturated rings. The lowest BCUT2D eigenvalue weighted by Crippen LogP contribution is -2.07. The minimum absolute atomic E-state index is 0.685. The number of rotatable bonds is 5. The molecular weight excluding hydrogens is 286 g/mol. The Balaban J connectivity index is 1.66. The molecule has 3 rings (SSSR count). The van der Waals surface area contributed by atoms with E-state index >= 15 is 0 Å². The highest BCUT2D eigenvalue weighted by molar-refractivity contribution is 5.50. The monoisotopic (exact) mass is 305 g/mol. The first-order valence-corrected chi connectivity index (χ1v) is 7.53. The van der Waals surface area contributed by atoms with E-state index in [2.05, 4.69) is 44.7 Å². The van der Waals surface area contributed by atoms with E-state index in [0.29, 0.717) is 12.4 Å². The first kappa shape index (κ1) is 15.0. The van der Waals surface area contributed by atoms with Crippen molar-refractivity contribution in [1.29, 1.82) is 0 Å². The summed E-state index contributed by atoms with van der Waals surface area (Å²) in [6, 6.07) is 12.2. The van der Waals surface area contributed by atoms with E-state index in [-0.39, 0.29) is 0 Å². The van der Waals surface area contributed by atoms with Crippen LogP contribution in [0.1, 0.15) is 17.0 Å². The van der Waals surface area contributed by atoms with Gasteiger partial charge in [0.1, 0.15) is 5.82 Å². The lowest BCUT2D eigenvalue weighted by atomic mass is 10.2. The van der Waals surface area contributed by atoms with Crippen molar-refractivity contribution >= 4 is 11.9 Å². The maximum Gasteiger partial charge on any atom is 0.174 e. The van der Waals surface area contributed by atoms with Crippen LogP contribution >= 0.6 is 0 Å². The fourth-order valence-corrected chi connectivity index (χ4v) is 2.33. The number of anilines is 1. The van der Waals surface area contributed by atoms with E-state index in [1.807, 2.05) is 38.1 Å². The van der Waals surface area contributed by atoms with E-state index in [1.165, 1.54) is 5.56 Å². The normalized spacial score (nSPS) is 11.0. The van der Waals surface area contributed by atoms with Gasteiger partial charge in [-0.2, -0.15) is 5.10 Å². The van der Waals surface area contributed by atoms with Crippen LogP contribution in [-0.4, -0.2) is 26.3 Å². The summed E-state index contributed by atoms with van der Waals surface area (Å²) in [5.41, 5.74) is 3.18. The van der Waals surface area contributed by atoms with E-state index in [9.17, 15) is 0 Å². The van der Waals surface area contributed by atoms with Gasteiger partial charge in [0.05, 0.1) is 18.1 Å². The molecule has 23 heavy (non-hydrogen) atoms. The van der Waals surface area contributed by atoms with Crippen molar-refractivity contribution in [2.45, 2.75) is 13.8 Å². The Bertz CT molecular complexity index is 805. The predicted molar refractivity (Wildman–Crippen MR) is 92.6 cm³/mol. The lowest BCUT2D eigenvalue weighted by Gasteiger charge is -2.06. The van der Waals surface area contributed by atoms with Gasteiger partial charge in [0.15, 0.2) is 5.82 Å². The molecule has 116 valence electrons. The van der Waals surface area contributed by atoms with Crippen molar-refractivity contribution in [2.75, 3.05) is 11.9 Å². The molecule has 0 amide bonds. The molecule has 2 aromatic heterocycles. The lowest BCUT2D eigenvalue weighted by molar-refractivity contribution is 0.800. The van der Waals surface area contributed by atoms with Gasteiger partial charge >= 0.3 is 0 Å². The number of aromatic nitrogens is 4. The van der Waals surface area contributed by atoms with Crippen LogP contribution in [-0.2, 0) is 0 Å². The molecule has 0 aliphatic heterocycles. The molecule has 0 aliphatic rings. The van der Waals surface area contributed by atoms with Gasteiger partial charge in [-0.25, -0.2) is 9.67 Å². The molecule has 5 nitrogen and oxygen atoms in total. The van der Waals surface area contributed by atoms with Gasteiger partial charge in [0, 0.05) is 12.2 Å². The summed E-state index contributed by atoms with van der Waals surface area (Å²) >= 11 is 0. The minimum atomic E-state index is 0.685. The Morgan fingerprint density at radius 1 is 1.13 bits per heavy atom. The maximum absolute atomic E-state index is 4.55. The minimum Gasteiger partial charge on any atom is -0.365 e. The van der Waals surface area contributed by atoms with Crippen LogP contribution in [0.4, 0.5) is 5.82 Å². The first-order valence-electron chi connectivity index (χ1n) is 7.53. The SMILES string of the molecule is Cc1cc(C)n(-c2cncc(NC/C=C/c3ccccc3)n2)n1. The standard InChI is InChI=1S/C18H19N5/c1-14-11-15(2)23(22-14)18-13-19-12-17(21-18)20-10-6-9-16-7-4-3-5-8-16/h3-9,11-13H,10H2,1-2H3,(H,20,21)/b9-6+. The second-order valence-corrected chi connectivity index (χ2v) is 5.30. The smallest absolute Gasteiger partial charge is 0.174 e. The van der Waals surface area contributed by atoms with E-state index in [0.717, 1.165) is 17.2 Å². The van der Waals surface area contributed by atoms with Crippen molar-refractivity contribution in [3.05, 3.63) is 71.8 Å². The van der Waals surface area contributed by atoms with Crippen molar-refractivity contribution < 1.29 is 0 Å². The molecule has 0 spiro atoms. The second-order valence-electron chi connectivity index (χ2n) is 5.30. The zero-order valence-electron chi connectivity index (χ0n) is 13.3. The van der Waals surface area contributed by atoms with Crippen LogP contribution in [0.2, 0.25) is 0 Å². The fourth-order valence-electron chi connectivity index (χ4n) is 2.33. The number of aryl methyl sites for hydroxylation is 2. The molecule has 1 aromatic carbocycles. The largest absolute Gasteiger partial charge is 0.365 e. The van der Waals surface area contributed by atoms with Crippen LogP contribution < -0.4 is 5.32 Å². The Labute approximate surface area is 135 Å². The summed E-state index contributed by atoms with van der Waals surface area (Å²) in [6.07, 6.45) is 7.56. The number of benzene rings is 1. The van der Waals surface area contributed by atoms with Crippen molar-refractivity contribution in [3.8, 4) is 5.82 Å². The van der Waals surface area contributed by atoms with Gasteiger partial charge in [-0.05, 0) is 25.5 Å². The first-order chi connectivity index (χ1) is 11.2. The molecule has 0 aliphatic carbocycles. The summed E-state index contributed by atoms with van der Waals surface area (Å²) in [4.78, 5) is 8.79. The predicted octanol–water partition coefficient (Wildman–Crippen LogP) is 3.40. The van der Waals surface area contributed by atoms with Crippen molar-refractivity contribution in [3.63, 3.8) is 0 Å². The Morgan fingerprint density at radius 2 is 1.96 bits per heavy atom. The third-order valence-electron chi connectivity index (χ3n) is 3.36. The van der Waals surface area contributed by atoms with Gasteiger partial charge in [0.25, 0.3) is 0 Å². The van der Waals surface area contributed by atoms with Crippen LogP contribution in [0.5, 0.6) is 0 Å². The molecule has 2 heterocycles. The van der Waals surface area contributed by atoms with Gasteiger partial charge in [-0.3, -0.25) is 4.98 Å². The summed E-state index contributed by atoms with van der Waals surface area (Å²) < 4.78 is 1.80. The molecule has 5 heteroatoms. The summed E-state index contributed by atoms with van der Waals surface area (Å²) in [5, 5.41) is 7.68. The highest BCUT2D eigenvalue weighted by Crippen LogP contribution is 2.11. The quantitative estimate of drug-likeness (QED) is 0.785. The molecule has 3 aromatic rings. The molecular formula is C18H19N5. The zero-order valence-corrected chi connectivity index (χ0v) is 13.3. The van der Waals surface area contributed by atoms with Gasteiger partial charge in [-0.15, -0.1) is 0 Å². The number of nitrogens with zero attached hydrogens (tertiary/aromatic N) is 4. The average Bonchev–Trinajstić information content (AvgIpc) is 2.91. The number of hydrogen-bond donors (Lipinski definition) is 1. The number of hydrogen-bond acceptors (Lipinski definition) is 4. The van der Waals surface area contributed by atoms with Crippen LogP contribution in [0, 0.1) is 13.8 Å². The van der Waals surface area contributed by atoms with Crippen LogP contribution in [0.15, 0.2) is 54.9 Å². The van der Waals surface area contributed by atoms with Crippen molar-refractivity contribution in [1.82, 2.24) is 19.7 Å². The Hall–Kier alpha value is -2.95. The molecule has 0 saturated carbocycles. The molecule has 0 bridgehead atoms. The average molecular weight is 305 g/mol. The topological polar surface area (TPSA) is 55.6 Å². The highest BCUT2D eigenvalue weighted by Gasteiger charge is 2.06. The van der Waals surface area contributed by atoms with Crippen LogP contribution in [0.3, 0.4) is 0 Å². The Kier molecular flexibility index (Phi) is 4.47. The van der Waals surface area contributed by atoms with E-state index in [4.69, 9.17) is 0 Å². The fraction of sp³-hybridized carbons (Fsp3) is 0.167. The molecule has 0 atom stereocenters.